The normalized spacial score (nSPS) is 15.3. The van der Waals surface area contributed by atoms with Crippen LogP contribution in [0.5, 0.6) is 0 Å². The standard InChI is InChI=1S/C22H19F3N6O3/c23-14-4-1-3-13(9-14)11-27-22(32)29-20-19(31(33)34)12-26-21(28-20)30-8-2-5-18(30)16-10-15(24)6-7-17(16)25/h1,3-4,6-7,9-10,12,18H,2,5,8,11H2,(H2,26,27,28,29,32)/t18-/m1/s1. The molecular formula is C22H19F3N6O3. The molecule has 1 aliphatic heterocycles. The lowest BCUT2D eigenvalue weighted by atomic mass is 10.0. The number of urea groups is 1. The molecule has 2 aromatic carbocycles. The molecule has 176 valence electrons. The average molecular weight is 472 g/mol. The zero-order chi connectivity index (χ0) is 24.2. The molecule has 3 aromatic rings. The molecule has 0 spiro atoms. The summed E-state index contributed by atoms with van der Waals surface area (Å²) in [4.78, 5) is 32.8. The lowest BCUT2D eigenvalue weighted by molar-refractivity contribution is -0.384. The number of nitrogens with one attached hydrogen (secondary N) is 2. The van der Waals surface area contributed by atoms with Crippen molar-refractivity contribution in [3.05, 3.63) is 87.4 Å². The molecule has 2 heterocycles. The molecule has 12 heteroatoms. The van der Waals surface area contributed by atoms with Crippen LogP contribution in [-0.4, -0.2) is 27.5 Å². The molecule has 0 unspecified atom stereocenters. The molecule has 0 aliphatic carbocycles. The molecule has 0 saturated carbocycles. The van der Waals surface area contributed by atoms with Crippen molar-refractivity contribution in [3.63, 3.8) is 0 Å². The largest absolute Gasteiger partial charge is 0.334 e. The maximum atomic E-state index is 14.4. The van der Waals surface area contributed by atoms with E-state index in [4.69, 9.17) is 0 Å². The van der Waals surface area contributed by atoms with Crippen molar-refractivity contribution in [2.45, 2.75) is 25.4 Å². The number of rotatable bonds is 6. The van der Waals surface area contributed by atoms with Crippen LogP contribution < -0.4 is 15.5 Å². The van der Waals surface area contributed by atoms with E-state index >= 15 is 0 Å². The van der Waals surface area contributed by atoms with Crippen molar-refractivity contribution in [1.29, 1.82) is 0 Å². The maximum absolute atomic E-state index is 14.4. The zero-order valence-electron chi connectivity index (χ0n) is 17.7. The van der Waals surface area contributed by atoms with Gasteiger partial charge >= 0.3 is 11.7 Å². The third kappa shape index (κ3) is 5.05. The molecule has 2 amide bonds. The van der Waals surface area contributed by atoms with Crippen molar-refractivity contribution >= 4 is 23.5 Å². The fourth-order valence-electron chi connectivity index (χ4n) is 3.81. The molecule has 0 radical (unpaired) electrons. The van der Waals surface area contributed by atoms with Gasteiger partial charge in [-0.1, -0.05) is 12.1 Å². The monoisotopic (exact) mass is 472 g/mol. The van der Waals surface area contributed by atoms with E-state index in [1.807, 2.05) is 0 Å². The fourth-order valence-corrected chi connectivity index (χ4v) is 3.81. The number of hydrogen-bond donors (Lipinski definition) is 2. The fraction of sp³-hybridized carbons (Fsp3) is 0.227. The summed E-state index contributed by atoms with van der Waals surface area (Å²) >= 11 is 0. The summed E-state index contributed by atoms with van der Waals surface area (Å²) < 4.78 is 41.4. The summed E-state index contributed by atoms with van der Waals surface area (Å²) in [7, 11) is 0. The summed E-state index contributed by atoms with van der Waals surface area (Å²) in [5, 5.41) is 16.2. The highest BCUT2D eigenvalue weighted by Crippen LogP contribution is 2.37. The molecule has 1 aromatic heterocycles. The first-order valence-electron chi connectivity index (χ1n) is 10.3. The van der Waals surface area contributed by atoms with Gasteiger partial charge in [0.15, 0.2) is 0 Å². The van der Waals surface area contributed by atoms with E-state index < -0.39 is 40.1 Å². The Morgan fingerprint density at radius 2 is 1.97 bits per heavy atom. The van der Waals surface area contributed by atoms with Crippen LogP contribution in [0.4, 0.5) is 35.4 Å². The van der Waals surface area contributed by atoms with Crippen LogP contribution in [0.2, 0.25) is 0 Å². The third-order valence-electron chi connectivity index (χ3n) is 5.35. The topological polar surface area (TPSA) is 113 Å². The molecule has 34 heavy (non-hydrogen) atoms. The van der Waals surface area contributed by atoms with Crippen molar-refractivity contribution < 1.29 is 22.9 Å². The highest BCUT2D eigenvalue weighted by atomic mass is 19.1. The Hall–Kier alpha value is -4.22. The molecule has 4 rings (SSSR count). The molecule has 1 atom stereocenters. The smallest absolute Gasteiger partial charge is 0.330 e. The number of hydrogen-bond acceptors (Lipinski definition) is 6. The molecule has 1 saturated heterocycles. The molecule has 9 nitrogen and oxygen atoms in total. The van der Waals surface area contributed by atoms with E-state index in [2.05, 4.69) is 20.6 Å². The Bertz CT molecular complexity index is 1240. The SMILES string of the molecule is O=C(NCc1cccc(F)c1)Nc1nc(N2CCC[C@@H]2c2cc(F)ccc2F)ncc1[N+](=O)[O-]. The number of nitro groups is 1. The van der Waals surface area contributed by atoms with Gasteiger partial charge in [-0.3, -0.25) is 15.4 Å². The van der Waals surface area contributed by atoms with Crippen molar-refractivity contribution in [2.75, 3.05) is 16.8 Å². The Kier molecular flexibility index (Phi) is 6.57. The summed E-state index contributed by atoms with van der Waals surface area (Å²) in [6.45, 7) is 0.381. The van der Waals surface area contributed by atoms with E-state index in [0.717, 1.165) is 24.4 Å². The maximum Gasteiger partial charge on any atom is 0.330 e. The van der Waals surface area contributed by atoms with E-state index in [0.29, 0.717) is 24.9 Å². The Morgan fingerprint density at radius 1 is 1.18 bits per heavy atom. The second-order valence-electron chi connectivity index (χ2n) is 7.62. The van der Waals surface area contributed by atoms with Crippen LogP contribution in [0.25, 0.3) is 0 Å². The number of nitrogens with zero attached hydrogens (tertiary/aromatic N) is 4. The molecule has 1 fully saturated rings. The number of anilines is 2. The molecule has 1 aliphatic rings. The first kappa shape index (κ1) is 23.0. The van der Waals surface area contributed by atoms with Gasteiger partial charge in [-0.2, -0.15) is 4.98 Å². The van der Waals surface area contributed by atoms with Crippen LogP contribution in [-0.2, 0) is 6.54 Å². The van der Waals surface area contributed by atoms with E-state index in [9.17, 15) is 28.1 Å². The van der Waals surface area contributed by atoms with Crippen molar-refractivity contribution in [3.8, 4) is 0 Å². The van der Waals surface area contributed by atoms with Crippen LogP contribution >= 0.6 is 0 Å². The first-order chi connectivity index (χ1) is 16.3. The summed E-state index contributed by atoms with van der Waals surface area (Å²) in [6.07, 6.45) is 2.08. The van der Waals surface area contributed by atoms with Crippen LogP contribution in [0, 0.1) is 27.6 Å². The lowest BCUT2D eigenvalue weighted by Gasteiger charge is -2.25. The highest BCUT2D eigenvalue weighted by molar-refractivity contribution is 5.90. The third-order valence-corrected chi connectivity index (χ3v) is 5.35. The van der Waals surface area contributed by atoms with Gasteiger partial charge in [0.1, 0.15) is 23.6 Å². The van der Waals surface area contributed by atoms with Crippen molar-refractivity contribution in [2.24, 2.45) is 0 Å². The van der Waals surface area contributed by atoms with Gasteiger partial charge in [-0.15, -0.1) is 0 Å². The first-order valence-corrected chi connectivity index (χ1v) is 10.3. The Labute approximate surface area is 191 Å². The summed E-state index contributed by atoms with van der Waals surface area (Å²) in [5.74, 6) is -1.99. The minimum atomic E-state index is -0.800. The average Bonchev–Trinajstić information content (AvgIpc) is 3.29. The predicted molar refractivity (Wildman–Crippen MR) is 117 cm³/mol. The van der Waals surface area contributed by atoms with Gasteiger partial charge in [0.05, 0.1) is 11.0 Å². The second kappa shape index (κ2) is 9.73. The number of halogens is 3. The molecular weight excluding hydrogens is 453 g/mol. The summed E-state index contributed by atoms with van der Waals surface area (Å²) in [5.41, 5.74) is 0.0733. The minimum absolute atomic E-state index is 0.0252. The van der Waals surface area contributed by atoms with Gasteiger partial charge in [-0.25, -0.2) is 22.9 Å². The second-order valence-corrected chi connectivity index (χ2v) is 7.62. The van der Waals surface area contributed by atoms with Crippen LogP contribution in [0.1, 0.15) is 30.0 Å². The van der Waals surface area contributed by atoms with Gasteiger partial charge in [0.2, 0.25) is 11.8 Å². The molecule has 2 N–H and O–H groups in total. The predicted octanol–water partition coefficient (Wildman–Crippen LogP) is 4.47. The van der Waals surface area contributed by atoms with E-state index in [-0.39, 0.29) is 23.9 Å². The Morgan fingerprint density at radius 3 is 2.74 bits per heavy atom. The van der Waals surface area contributed by atoms with Crippen LogP contribution in [0.15, 0.2) is 48.7 Å². The van der Waals surface area contributed by atoms with E-state index in [1.54, 1.807) is 11.0 Å². The van der Waals surface area contributed by atoms with Gasteiger partial charge in [-0.05, 0) is 48.7 Å². The Balaban J connectivity index is 1.56. The van der Waals surface area contributed by atoms with Gasteiger partial charge in [0.25, 0.3) is 0 Å². The van der Waals surface area contributed by atoms with E-state index in [1.165, 1.54) is 18.2 Å². The number of aromatic nitrogens is 2. The number of carbonyl (C=O) groups is 1. The zero-order valence-corrected chi connectivity index (χ0v) is 17.7. The number of carbonyl (C=O) groups excluding carboxylic acids is 1. The minimum Gasteiger partial charge on any atom is -0.334 e. The number of amides is 2. The number of benzene rings is 2. The van der Waals surface area contributed by atoms with Crippen molar-refractivity contribution in [1.82, 2.24) is 15.3 Å². The quantitative estimate of drug-likeness (QED) is 0.404. The lowest BCUT2D eigenvalue weighted by Crippen LogP contribution is -2.30. The molecule has 0 bridgehead atoms. The summed E-state index contributed by atoms with van der Waals surface area (Å²) in [6, 6.07) is 7.37. The van der Waals surface area contributed by atoms with Gasteiger partial charge < -0.3 is 10.2 Å². The highest BCUT2D eigenvalue weighted by Gasteiger charge is 2.32. The van der Waals surface area contributed by atoms with Gasteiger partial charge in [0, 0.05) is 18.7 Å². The van der Waals surface area contributed by atoms with Crippen LogP contribution in [0.3, 0.4) is 0 Å².